The van der Waals surface area contributed by atoms with Crippen molar-refractivity contribution in [2.45, 2.75) is 34.2 Å². The Kier molecular flexibility index (Phi) is 8.17. The highest BCUT2D eigenvalue weighted by Crippen LogP contribution is 2.10. The van der Waals surface area contributed by atoms with Gasteiger partial charge in [0.2, 0.25) is 0 Å². The summed E-state index contributed by atoms with van der Waals surface area (Å²) in [6, 6.07) is 6.09. The zero-order valence-corrected chi connectivity index (χ0v) is 17.3. The molecule has 0 unspecified atom stereocenters. The van der Waals surface area contributed by atoms with Crippen molar-refractivity contribution in [1.29, 1.82) is 0 Å². The van der Waals surface area contributed by atoms with Gasteiger partial charge in [0.25, 0.3) is 0 Å². The van der Waals surface area contributed by atoms with E-state index in [-0.39, 0.29) is 24.0 Å². The fraction of sp³-hybridized carbons (Fsp3) is 0.471. The van der Waals surface area contributed by atoms with Crippen molar-refractivity contribution in [2.75, 3.05) is 13.6 Å². The molecule has 2 aromatic heterocycles. The summed E-state index contributed by atoms with van der Waals surface area (Å²) >= 11 is 0. The Balaban J connectivity index is 0.00000288. The Morgan fingerprint density at radius 1 is 1.25 bits per heavy atom. The second-order valence-electron chi connectivity index (χ2n) is 6.06. The molecular weight excluding hydrogens is 415 g/mol. The van der Waals surface area contributed by atoms with Crippen LogP contribution >= 0.6 is 24.0 Å². The van der Waals surface area contributed by atoms with E-state index in [4.69, 9.17) is 0 Å². The molecule has 0 radical (unpaired) electrons. The quantitative estimate of drug-likeness (QED) is 0.425. The van der Waals surface area contributed by atoms with Crippen LogP contribution in [0.2, 0.25) is 0 Å². The molecule has 0 aliphatic heterocycles. The SMILES string of the molecule is CN=C(NCc1ccc(-n2nc(C)cc2C)nc1)NCC(C)C.I. The summed E-state index contributed by atoms with van der Waals surface area (Å²) in [4.78, 5) is 8.72. The van der Waals surface area contributed by atoms with E-state index in [1.165, 1.54) is 0 Å². The minimum Gasteiger partial charge on any atom is -0.356 e. The number of nitrogens with zero attached hydrogens (tertiary/aromatic N) is 4. The van der Waals surface area contributed by atoms with Gasteiger partial charge in [-0.2, -0.15) is 5.10 Å². The first kappa shape index (κ1) is 20.4. The van der Waals surface area contributed by atoms with Crippen LogP contribution in [0.1, 0.15) is 30.8 Å². The number of hydrogen-bond donors (Lipinski definition) is 2. The van der Waals surface area contributed by atoms with Gasteiger partial charge in [0.05, 0.1) is 5.69 Å². The third-order valence-corrected chi connectivity index (χ3v) is 3.40. The van der Waals surface area contributed by atoms with E-state index < -0.39 is 0 Å². The molecule has 0 bridgehead atoms. The topological polar surface area (TPSA) is 67.1 Å². The first-order chi connectivity index (χ1) is 11.0. The monoisotopic (exact) mass is 442 g/mol. The lowest BCUT2D eigenvalue weighted by molar-refractivity contribution is 0.614. The Morgan fingerprint density at radius 2 is 2.00 bits per heavy atom. The minimum atomic E-state index is 0. The number of guanidine groups is 1. The van der Waals surface area contributed by atoms with E-state index in [2.05, 4.69) is 45.6 Å². The summed E-state index contributed by atoms with van der Waals surface area (Å²) in [7, 11) is 1.78. The molecule has 0 fully saturated rings. The molecule has 2 rings (SSSR count). The van der Waals surface area contributed by atoms with Crippen LogP contribution in [-0.4, -0.2) is 34.3 Å². The smallest absolute Gasteiger partial charge is 0.191 e. The fourth-order valence-corrected chi connectivity index (χ4v) is 2.21. The van der Waals surface area contributed by atoms with Crippen LogP contribution < -0.4 is 10.6 Å². The van der Waals surface area contributed by atoms with E-state index in [0.717, 1.165) is 35.3 Å². The van der Waals surface area contributed by atoms with Gasteiger partial charge in [-0.25, -0.2) is 9.67 Å². The molecule has 0 saturated heterocycles. The van der Waals surface area contributed by atoms with Crippen LogP contribution in [0, 0.1) is 19.8 Å². The molecule has 2 heterocycles. The summed E-state index contributed by atoms with van der Waals surface area (Å²) in [6.07, 6.45) is 1.87. The van der Waals surface area contributed by atoms with Crippen molar-refractivity contribution >= 4 is 29.9 Å². The van der Waals surface area contributed by atoms with Crippen molar-refractivity contribution in [1.82, 2.24) is 25.4 Å². The highest BCUT2D eigenvalue weighted by Gasteiger charge is 2.05. The number of aliphatic imine (C=N–C) groups is 1. The summed E-state index contributed by atoms with van der Waals surface area (Å²) in [6.45, 7) is 9.93. The van der Waals surface area contributed by atoms with Gasteiger partial charge in [0, 0.05) is 32.0 Å². The van der Waals surface area contributed by atoms with Gasteiger partial charge in [-0.15, -0.1) is 24.0 Å². The van der Waals surface area contributed by atoms with Crippen LogP contribution in [0.3, 0.4) is 0 Å². The van der Waals surface area contributed by atoms with Gasteiger partial charge in [-0.3, -0.25) is 4.99 Å². The van der Waals surface area contributed by atoms with E-state index in [0.29, 0.717) is 12.5 Å². The van der Waals surface area contributed by atoms with E-state index in [9.17, 15) is 0 Å². The fourth-order valence-electron chi connectivity index (χ4n) is 2.21. The molecule has 6 nitrogen and oxygen atoms in total. The standard InChI is InChI=1S/C17H26N6.HI/c1-12(2)9-20-17(18-5)21-11-15-6-7-16(19-10-15)23-14(4)8-13(3)22-23;/h6-8,10,12H,9,11H2,1-5H3,(H2,18,20,21);1H. The van der Waals surface area contributed by atoms with Gasteiger partial charge in [0.1, 0.15) is 0 Å². The molecule has 24 heavy (non-hydrogen) atoms. The summed E-state index contributed by atoms with van der Waals surface area (Å²) in [5.74, 6) is 2.22. The van der Waals surface area contributed by atoms with Gasteiger partial charge >= 0.3 is 0 Å². The zero-order valence-electron chi connectivity index (χ0n) is 15.0. The van der Waals surface area contributed by atoms with Crippen LogP contribution in [0.25, 0.3) is 5.82 Å². The third-order valence-electron chi connectivity index (χ3n) is 3.40. The van der Waals surface area contributed by atoms with Crippen molar-refractivity contribution in [3.05, 3.63) is 41.3 Å². The second kappa shape index (κ2) is 9.61. The van der Waals surface area contributed by atoms with E-state index in [1.54, 1.807) is 7.05 Å². The van der Waals surface area contributed by atoms with Crippen LogP contribution in [-0.2, 0) is 6.54 Å². The highest BCUT2D eigenvalue weighted by atomic mass is 127. The van der Waals surface area contributed by atoms with Crippen LogP contribution in [0.4, 0.5) is 0 Å². The number of nitrogens with one attached hydrogen (secondary N) is 2. The normalized spacial score (nSPS) is 11.3. The van der Waals surface area contributed by atoms with E-state index in [1.807, 2.05) is 36.9 Å². The first-order valence-corrected chi connectivity index (χ1v) is 7.92. The minimum absolute atomic E-state index is 0. The highest BCUT2D eigenvalue weighted by molar-refractivity contribution is 14.0. The lowest BCUT2D eigenvalue weighted by Gasteiger charge is -2.13. The molecule has 2 aromatic rings. The predicted molar refractivity (Wildman–Crippen MR) is 109 cm³/mol. The van der Waals surface area contributed by atoms with Crippen LogP contribution in [0.5, 0.6) is 0 Å². The van der Waals surface area contributed by atoms with E-state index >= 15 is 0 Å². The average Bonchev–Trinajstić information content (AvgIpc) is 2.86. The largest absolute Gasteiger partial charge is 0.356 e. The Bertz CT molecular complexity index is 660. The van der Waals surface area contributed by atoms with Gasteiger partial charge < -0.3 is 10.6 Å². The molecule has 7 heteroatoms. The number of pyridine rings is 1. The van der Waals surface area contributed by atoms with Crippen molar-refractivity contribution in [3.63, 3.8) is 0 Å². The van der Waals surface area contributed by atoms with Gasteiger partial charge in [0.15, 0.2) is 11.8 Å². The number of halogens is 1. The molecule has 0 amide bonds. The third kappa shape index (κ3) is 5.77. The Labute approximate surface area is 161 Å². The van der Waals surface area contributed by atoms with Crippen molar-refractivity contribution in [3.8, 4) is 5.82 Å². The first-order valence-electron chi connectivity index (χ1n) is 7.92. The molecule has 0 atom stereocenters. The number of rotatable bonds is 5. The molecule has 0 aromatic carbocycles. The molecule has 0 aliphatic carbocycles. The number of aryl methyl sites for hydroxylation is 2. The maximum atomic E-state index is 4.50. The second-order valence-corrected chi connectivity index (χ2v) is 6.06. The number of hydrogen-bond acceptors (Lipinski definition) is 3. The molecule has 0 spiro atoms. The van der Waals surface area contributed by atoms with Gasteiger partial charge in [-0.1, -0.05) is 19.9 Å². The maximum absolute atomic E-state index is 4.50. The zero-order chi connectivity index (χ0) is 16.8. The Hall–Kier alpha value is -1.64. The van der Waals surface area contributed by atoms with Crippen molar-refractivity contribution in [2.24, 2.45) is 10.9 Å². The average molecular weight is 442 g/mol. The molecule has 0 saturated carbocycles. The molecule has 0 aliphatic rings. The summed E-state index contributed by atoms with van der Waals surface area (Å²) in [5, 5.41) is 11.0. The Morgan fingerprint density at radius 3 is 2.50 bits per heavy atom. The lowest BCUT2D eigenvalue weighted by atomic mass is 10.2. The van der Waals surface area contributed by atoms with Crippen molar-refractivity contribution < 1.29 is 0 Å². The maximum Gasteiger partial charge on any atom is 0.191 e. The molecule has 132 valence electrons. The number of aromatic nitrogens is 3. The molecule has 2 N–H and O–H groups in total. The lowest BCUT2D eigenvalue weighted by Crippen LogP contribution is -2.38. The molecular formula is C17H27IN6. The van der Waals surface area contributed by atoms with Gasteiger partial charge in [-0.05, 0) is 37.5 Å². The van der Waals surface area contributed by atoms with Crippen LogP contribution in [0.15, 0.2) is 29.4 Å². The predicted octanol–water partition coefficient (Wildman–Crippen LogP) is 2.82. The summed E-state index contributed by atoms with van der Waals surface area (Å²) in [5.41, 5.74) is 3.18. The summed E-state index contributed by atoms with van der Waals surface area (Å²) < 4.78 is 1.86.